The van der Waals surface area contributed by atoms with Crippen LogP contribution in [0.3, 0.4) is 0 Å². The van der Waals surface area contributed by atoms with Crippen molar-refractivity contribution in [2.45, 2.75) is 19.4 Å². The van der Waals surface area contributed by atoms with Gasteiger partial charge >= 0.3 is 0 Å². The molecule has 3 rings (SSSR count). The summed E-state index contributed by atoms with van der Waals surface area (Å²) < 4.78 is 5.23. The Bertz CT molecular complexity index is 761. The van der Waals surface area contributed by atoms with Gasteiger partial charge in [-0.2, -0.15) is 0 Å². The number of amides is 1. The molecule has 1 atom stereocenters. The lowest BCUT2D eigenvalue weighted by atomic mass is 10.1. The third kappa shape index (κ3) is 2.99. The average molecular weight is 331 g/mol. The van der Waals surface area contributed by atoms with Crippen molar-refractivity contribution in [1.29, 1.82) is 0 Å². The molecule has 0 saturated carbocycles. The average Bonchev–Trinajstić information content (AvgIpc) is 2.98. The molecule has 1 heterocycles. The summed E-state index contributed by atoms with van der Waals surface area (Å²) in [4.78, 5) is 14.4. The van der Waals surface area contributed by atoms with E-state index in [1.165, 1.54) is 0 Å². The van der Waals surface area contributed by atoms with Crippen LogP contribution in [0.15, 0.2) is 36.4 Å². The Morgan fingerprint density at radius 3 is 2.78 bits per heavy atom. The SMILES string of the molecule is COc1ccc2c(c1)NC(C(=O)N(C)c1ccc(Cl)c(C)c1)C2. The largest absolute Gasteiger partial charge is 0.497 e. The molecule has 0 aliphatic carbocycles. The van der Waals surface area contributed by atoms with Gasteiger partial charge in [0.25, 0.3) is 0 Å². The lowest BCUT2D eigenvalue weighted by molar-refractivity contribution is -0.118. The number of fused-ring (bicyclic) bond motifs is 1. The van der Waals surface area contributed by atoms with E-state index in [1.807, 2.05) is 43.3 Å². The van der Waals surface area contributed by atoms with Crippen LogP contribution in [0.5, 0.6) is 5.75 Å². The van der Waals surface area contributed by atoms with E-state index in [0.29, 0.717) is 11.4 Å². The van der Waals surface area contributed by atoms with Gasteiger partial charge in [0.05, 0.1) is 7.11 Å². The second kappa shape index (κ2) is 6.13. The molecule has 0 radical (unpaired) electrons. The van der Waals surface area contributed by atoms with Crippen LogP contribution in [0.4, 0.5) is 11.4 Å². The number of aryl methyl sites for hydroxylation is 1. The van der Waals surface area contributed by atoms with Gasteiger partial charge in [0, 0.05) is 35.9 Å². The van der Waals surface area contributed by atoms with Gasteiger partial charge in [0.15, 0.2) is 0 Å². The molecular weight excluding hydrogens is 312 g/mol. The van der Waals surface area contributed by atoms with Crippen LogP contribution in [0.2, 0.25) is 5.02 Å². The Kier molecular flexibility index (Phi) is 4.18. The van der Waals surface area contributed by atoms with Crippen LogP contribution in [0.1, 0.15) is 11.1 Å². The zero-order chi connectivity index (χ0) is 16.6. The van der Waals surface area contributed by atoms with Crippen molar-refractivity contribution in [1.82, 2.24) is 0 Å². The van der Waals surface area contributed by atoms with Gasteiger partial charge in [0.2, 0.25) is 5.91 Å². The minimum atomic E-state index is -0.266. The van der Waals surface area contributed by atoms with E-state index in [0.717, 1.165) is 28.3 Å². The smallest absolute Gasteiger partial charge is 0.249 e. The Hall–Kier alpha value is -2.20. The lowest BCUT2D eigenvalue weighted by Crippen LogP contribution is -2.39. The van der Waals surface area contributed by atoms with Crippen LogP contribution in [0.25, 0.3) is 0 Å². The van der Waals surface area contributed by atoms with Crippen molar-refractivity contribution >= 4 is 28.9 Å². The number of halogens is 1. The fourth-order valence-corrected chi connectivity index (χ4v) is 2.92. The molecule has 1 aliphatic rings. The zero-order valence-electron chi connectivity index (χ0n) is 13.4. The van der Waals surface area contributed by atoms with Crippen LogP contribution in [-0.2, 0) is 11.2 Å². The highest BCUT2D eigenvalue weighted by Gasteiger charge is 2.29. The van der Waals surface area contributed by atoms with Crippen molar-refractivity contribution in [2.75, 3.05) is 24.4 Å². The molecule has 4 nitrogen and oxygen atoms in total. The molecule has 1 amide bonds. The van der Waals surface area contributed by atoms with Crippen LogP contribution >= 0.6 is 11.6 Å². The van der Waals surface area contributed by atoms with E-state index < -0.39 is 0 Å². The fraction of sp³-hybridized carbons (Fsp3) is 0.278. The Morgan fingerprint density at radius 2 is 2.09 bits per heavy atom. The maximum Gasteiger partial charge on any atom is 0.249 e. The highest BCUT2D eigenvalue weighted by atomic mass is 35.5. The van der Waals surface area contributed by atoms with Gasteiger partial charge in [-0.15, -0.1) is 0 Å². The fourth-order valence-electron chi connectivity index (χ4n) is 2.80. The molecule has 1 unspecified atom stereocenters. The Balaban J connectivity index is 1.77. The molecule has 1 N–H and O–H groups in total. The van der Waals surface area contributed by atoms with E-state index in [9.17, 15) is 4.79 Å². The second-order valence-corrected chi connectivity index (χ2v) is 6.16. The van der Waals surface area contributed by atoms with Gasteiger partial charge < -0.3 is 15.0 Å². The zero-order valence-corrected chi connectivity index (χ0v) is 14.1. The standard InChI is InChI=1S/C18H19ClN2O2/c1-11-8-13(5-7-15(11)19)21(2)18(22)17-9-12-4-6-14(23-3)10-16(12)20-17/h4-8,10,17,20H,9H2,1-3H3. The van der Waals surface area contributed by atoms with E-state index in [-0.39, 0.29) is 11.9 Å². The number of carbonyl (C=O) groups excluding carboxylic acids is 1. The summed E-state index contributed by atoms with van der Waals surface area (Å²) in [5.74, 6) is 0.813. The molecule has 2 aromatic carbocycles. The number of hydrogen-bond acceptors (Lipinski definition) is 3. The summed E-state index contributed by atoms with van der Waals surface area (Å²) in [6.45, 7) is 1.93. The topological polar surface area (TPSA) is 41.6 Å². The molecule has 0 saturated heterocycles. The number of ether oxygens (including phenoxy) is 1. The number of nitrogens with one attached hydrogen (secondary N) is 1. The van der Waals surface area contributed by atoms with Gasteiger partial charge in [-0.1, -0.05) is 17.7 Å². The number of anilines is 2. The van der Waals surface area contributed by atoms with Gasteiger partial charge in [-0.3, -0.25) is 4.79 Å². The van der Waals surface area contributed by atoms with Gasteiger partial charge in [-0.25, -0.2) is 0 Å². The third-order valence-corrected chi connectivity index (χ3v) is 4.65. The maximum atomic E-state index is 12.8. The first kappa shape index (κ1) is 15.7. The van der Waals surface area contributed by atoms with E-state index in [4.69, 9.17) is 16.3 Å². The maximum absolute atomic E-state index is 12.8. The Labute approximate surface area is 141 Å². The molecule has 0 fully saturated rings. The second-order valence-electron chi connectivity index (χ2n) is 5.75. The minimum Gasteiger partial charge on any atom is -0.497 e. The van der Waals surface area contributed by atoms with E-state index in [1.54, 1.807) is 19.1 Å². The number of carbonyl (C=O) groups is 1. The molecule has 0 spiro atoms. The minimum absolute atomic E-state index is 0.0295. The number of likely N-dealkylation sites (N-methyl/N-ethyl adjacent to an activating group) is 1. The molecule has 120 valence electrons. The van der Waals surface area contributed by atoms with Crippen molar-refractivity contribution in [2.24, 2.45) is 0 Å². The van der Waals surface area contributed by atoms with Crippen molar-refractivity contribution in [3.05, 3.63) is 52.5 Å². The first-order valence-corrected chi connectivity index (χ1v) is 7.84. The summed E-state index contributed by atoms with van der Waals surface area (Å²) >= 11 is 6.05. The van der Waals surface area contributed by atoms with Crippen molar-refractivity contribution in [3.63, 3.8) is 0 Å². The van der Waals surface area contributed by atoms with Crippen LogP contribution in [-0.4, -0.2) is 26.1 Å². The normalized spacial score (nSPS) is 15.7. The molecule has 2 aromatic rings. The van der Waals surface area contributed by atoms with Crippen molar-refractivity contribution in [3.8, 4) is 5.75 Å². The Morgan fingerprint density at radius 1 is 1.30 bits per heavy atom. The lowest BCUT2D eigenvalue weighted by Gasteiger charge is -2.22. The van der Waals surface area contributed by atoms with E-state index in [2.05, 4.69) is 5.32 Å². The first-order valence-electron chi connectivity index (χ1n) is 7.47. The molecule has 5 heteroatoms. The van der Waals surface area contributed by atoms with Crippen LogP contribution < -0.4 is 15.0 Å². The number of benzene rings is 2. The monoisotopic (exact) mass is 330 g/mol. The molecule has 0 aromatic heterocycles. The number of hydrogen-bond donors (Lipinski definition) is 1. The van der Waals surface area contributed by atoms with Gasteiger partial charge in [0.1, 0.15) is 11.8 Å². The van der Waals surface area contributed by atoms with Crippen molar-refractivity contribution < 1.29 is 9.53 Å². The number of nitrogens with zero attached hydrogens (tertiary/aromatic N) is 1. The quantitative estimate of drug-likeness (QED) is 0.934. The number of methoxy groups -OCH3 is 1. The molecule has 0 bridgehead atoms. The first-order chi connectivity index (χ1) is 11.0. The molecular formula is C18H19ClN2O2. The van der Waals surface area contributed by atoms with Gasteiger partial charge in [-0.05, 0) is 42.3 Å². The summed E-state index contributed by atoms with van der Waals surface area (Å²) in [7, 11) is 3.42. The summed E-state index contributed by atoms with van der Waals surface area (Å²) in [6.07, 6.45) is 0.676. The predicted molar refractivity (Wildman–Crippen MR) is 93.7 cm³/mol. The summed E-state index contributed by atoms with van der Waals surface area (Å²) in [5, 5.41) is 3.99. The predicted octanol–water partition coefficient (Wildman–Crippen LogP) is 3.66. The highest BCUT2D eigenvalue weighted by Crippen LogP contribution is 2.31. The number of rotatable bonds is 3. The van der Waals surface area contributed by atoms with Crippen LogP contribution in [0, 0.1) is 6.92 Å². The summed E-state index contributed by atoms with van der Waals surface area (Å²) in [6, 6.07) is 11.2. The molecule has 1 aliphatic heterocycles. The van der Waals surface area contributed by atoms with E-state index >= 15 is 0 Å². The highest BCUT2D eigenvalue weighted by molar-refractivity contribution is 6.31. The third-order valence-electron chi connectivity index (χ3n) is 4.23. The summed E-state index contributed by atoms with van der Waals surface area (Å²) in [5.41, 5.74) is 3.89. The molecule has 23 heavy (non-hydrogen) atoms.